The maximum absolute atomic E-state index is 11.4. The van der Waals surface area contributed by atoms with Crippen molar-refractivity contribution in [1.29, 1.82) is 0 Å². The molecule has 1 fully saturated rings. The fourth-order valence-electron chi connectivity index (χ4n) is 1.42. The summed E-state index contributed by atoms with van der Waals surface area (Å²) in [6.07, 6.45) is 1.42. The Bertz CT molecular complexity index is 302. The van der Waals surface area contributed by atoms with Crippen LogP contribution >= 0.6 is 22.6 Å². The lowest BCUT2D eigenvalue weighted by Gasteiger charge is -2.07. The molecule has 14 heavy (non-hydrogen) atoms. The van der Waals surface area contributed by atoms with Gasteiger partial charge in [-0.15, -0.1) is 0 Å². The largest absolute Gasteiger partial charge is 0.356 e. The molecule has 1 rings (SSSR count). The second kappa shape index (κ2) is 5.29. The summed E-state index contributed by atoms with van der Waals surface area (Å²) in [6.45, 7) is 0.651. The molecule has 4 nitrogen and oxygen atoms in total. The molecule has 0 aromatic rings. The van der Waals surface area contributed by atoms with E-state index in [-0.39, 0.29) is 23.3 Å². The number of rotatable bonds is 4. The Kier molecular flexibility index (Phi) is 4.62. The number of hydrogen-bond donors (Lipinski definition) is 1. The molecule has 6 heteroatoms. The normalized spacial score (nSPS) is 24.8. The van der Waals surface area contributed by atoms with E-state index in [1.165, 1.54) is 0 Å². The summed E-state index contributed by atoms with van der Waals surface area (Å²) >= 11 is 2.24. The van der Waals surface area contributed by atoms with Gasteiger partial charge in [0.05, 0.1) is 17.4 Å². The molecule has 0 saturated carbocycles. The van der Waals surface area contributed by atoms with Crippen LogP contribution in [0.2, 0.25) is 0 Å². The average Bonchev–Trinajstić information content (AvgIpc) is 2.46. The molecule has 0 radical (unpaired) electrons. The Labute approximate surface area is 97.9 Å². The summed E-state index contributed by atoms with van der Waals surface area (Å²) in [5.74, 6) is -0.217. The summed E-state index contributed by atoms with van der Waals surface area (Å²) in [4.78, 5) is 11.4. The average molecular weight is 331 g/mol. The van der Waals surface area contributed by atoms with Gasteiger partial charge in [0, 0.05) is 11.0 Å². The molecular formula is C8H14INO3S. The van der Waals surface area contributed by atoms with Crippen LogP contribution < -0.4 is 5.32 Å². The molecule has 1 amide bonds. The Morgan fingerprint density at radius 1 is 1.50 bits per heavy atom. The highest BCUT2D eigenvalue weighted by atomic mass is 127. The lowest BCUT2D eigenvalue weighted by atomic mass is 10.1. The van der Waals surface area contributed by atoms with Crippen LogP contribution in [0, 0.1) is 5.92 Å². The van der Waals surface area contributed by atoms with Gasteiger partial charge in [-0.05, 0) is 12.8 Å². The van der Waals surface area contributed by atoms with Crippen molar-refractivity contribution < 1.29 is 13.2 Å². The van der Waals surface area contributed by atoms with Gasteiger partial charge < -0.3 is 5.32 Å². The second-order valence-electron chi connectivity index (χ2n) is 3.43. The Morgan fingerprint density at radius 2 is 2.21 bits per heavy atom. The summed E-state index contributed by atoms with van der Waals surface area (Å²) in [7, 11) is -2.93. The zero-order chi connectivity index (χ0) is 10.6. The molecule has 0 aliphatic carbocycles. The molecular weight excluding hydrogens is 317 g/mol. The van der Waals surface area contributed by atoms with Crippen LogP contribution in [0.3, 0.4) is 0 Å². The highest BCUT2D eigenvalue weighted by Gasteiger charge is 2.32. The number of carbonyl (C=O) groups excluding carboxylic acids is 1. The van der Waals surface area contributed by atoms with Gasteiger partial charge in [0.2, 0.25) is 5.91 Å². The first-order chi connectivity index (χ1) is 6.55. The minimum Gasteiger partial charge on any atom is -0.356 e. The standard InChI is InChI=1S/C8H14INO3S/c9-3-1-4-10-8(11)7-2-5-14(12,13)6-7/h7H,1-6H2,(H,10,11). The van der Waals surface area contributed by atoms with Gasteiger partial charge in [-0.25, -0.2) is 8.42 Å². The molecule has 1 saturated heterocycles. The second-order valence-corrected chi connectivity index (χ2v) is 6.74. The molecule has 0 aromatic carbocycles. The number of amides is 1. The first-order valence-corrected chi connectivity index (χ1v) is 7.94. The number of sulfone groups is 1. The highest BCUT2D eigenvalue weighted by Crippen LogP contribution is 2.18. The topological polar surface area (TPSA) is 63.2 Å². The predicted molar refractivity (Wildman–Crippen MR) is 63.3 cm³/mol. The van der Waals surface area contributed by atoms with Crippen LogP contribution in [0.4, 0.5) is 0 Å². The van der Waals surface area contributed by atoms with E-state index in [1.54, 1.807) is 0 Å². The predicted octanol–water partition coefficient (Wildman–Crippen LogP) is 0.362. The zero-order valence-corrected chi connectivity index (χ0v) is 10.8. The SMILES string of the molecule is O=C(NCCCI)C1CCS(=O)(=O)C1. The lowest BCUT2D eigenvalue weighted by Crippen LogP contribution is -2.32. The summed E-state index contributed by atoms with van der Waals surface area (Å²) in [5, 5.41) is 2.76. The third kappa shape index (κ3) is 3.72. The van der Waals surface area contributed by atoms with E-state index in [9.17, 15) is 13.2 Å². The van der Waals surface area contributed by atoms with E-state index in [4.69, 9.17) is 0 Å². The van der Waals surface area contributed by atoms with Crippen LogP contribution in [0.15, 0.2) is 0 Å². The fourth-order valence-corrected chi connectivity index (χ4v) is 3.55. The van der Waals surface area contributed by atoms with E-state index in [1.807, 2.05) is 0 Å². The van der Waals surface area contributed by atoms with E-state index < -0.39 is 9.84 Å². The van der Waals surface area contributed by atoms with E-state index >= 15 is 0 Å². The Hall–Kier alpha value is 0.150. The van der Waals surface area contributed by atoms with Crippen molar-refractivity contribution in [2.75, 3.05) is 22.5 Å². The van der Waals surface area contributed by atoms with Crippen molar-refractivity contribution in [2.24, 2.45) is 5.92 Å². The van der Waals surface area contributed by atoms with Crippen molar-refractivity contribution in [1.82, 2.24) is 5.32 Å². The number of carbonyl (C=O) groups is 1. The van der Waals surface area contributed by atoms with Crippen LogP contribution in [0.25, 0.3) is 0 Å². The quantitative estimate of drug-likeness (QED) is 0.460. The van der Waals surface area contributed by atoms with Gasteiger partial charge in [0.1, 0.15) is 0 Å². The number of alkyl halides is 1. The molecule has 82 valence electrons. The van der Waals surface area contributed by atoms with Gasteiger partial charge in [-0.2, -0.15) is 0 Å². The first-order valence-electron chi connectivity index (χ1n) is 4.59. The molecule has 1 aliphatic heterocycles. The Morgan fingerprint density at radius 3 is 2.71 bits per heavy atom. The van der Waals surface area contributed by atoms with Crippen molar-refractivity contribution >= 4 is 38.3 Å². The van der Waals surface area contributed by atoms with E-state index in [0.29, 0.717) is 13.0 Å². The van der Waals surface area contributed by atoms with E-state index in [0.717, 1.165) is 10.8 Å². The van der Waals surface area contributed by atoms with Crippen molar-refractivity contribution in [3.8, 4) is 0 Å². The summed E-state index contributed by atoms with van der Waals surface area (Å²) in [6, 6.07) is 0. The first kappa shape index (κ1) is 12.2. The monoisotopic (exact) mass is 331 g/mol. The minimum atomic E-state index is -2.93. The summed E-state index contributed by atoms with van der Waals surface area (Å²) < 4.78 is 23.2. The minimum absolute atomic E-state index is 0.0308. The van der Waals surface area contributed by atoms with Gasteiger partial charge in [-0.3, -0.25) is 4.79 Å². The van der Waals surface area contributed by atoms with Gasteiger partial charge in [-0.1, -0.05) is 22.6 Å². The molecule has 0 spiro atoms. The van der Waals surface area contributed by atoms with Crippen molar-refractivity contribution in [3.05, 3.63) is 0 Å². The van der Waals surface area contributed by atoms with Crippen LogP contribution in [0.5, 0.6) is 0 Å². The third-order valence-corrected chi connectivity index (χ3v) is 4.74. The zero-order valence-electron chi connectivity index (χ0n) is 7.83. The molecule has 1 unspecified atom stereocenters. The smallest absolute Gasteiger partial charge is 0.224 e. The van der Waals surface area contributed by atoms with Crippen molar-refractivity contribution in [3.63, 3.8) is 0 Å². The van der Waals surface area contributed by atoms with Gasteiger partial charge in [0.25, 0.3) is 0 Å². The van der Waals surface area contributed by atoms with Crippen LogP contribution in [-0.2, 0) is 14.6 Å². The third-order valence-electron chi connectivity index (χ3n) is 2.21. The summed E-state index contributed by atoms with van der Waals surface area (Å²) in [5.41, 5.74) is 0. The maximum Gasteiger partial charge on any atom is 0.224 e. The van der Waals surface area contributed by atoms with Crippen LogP contribution in [0.1, 0.15) is 12.8 Å². The molecule has 1 atom stereocenters. The van der Waals surface area contributed by atoms with E-state index in [2.05, 4.69) is 27.9 Å². The maximum atomic E-state index is 11.4. The van der Waals surface area contributed by atoms with Gasteiger partial charge in [0.15, 0.2) is 9.84 Å². The fraction of sp³-hybridized carbons (Fsp3) is 0.875. The molecule has 0 aromatic heterocycles. The molecule has 1 N–H and O–H groups in total. The van der Waals surface area contributed by atoms with Gasteiger partial charge >= 0.3 is 0 Å². The number of halogens is 1. The lowest BCUT2D eigenvalue weighted by molar-refractivity contribution is -0.124. The Balaban J connectivity index is 2.33. The van der Waals surface area contributed by atoms with Crippen LogP contribution in [-0.4, -0.2) is 36.8 Å². The number of hydrogen-bond acceptors (Lipinski definition) is 3. The number of nitrogens with one attached hydrogen (secondary N) is 1. The molecule has 1 aliphatic rings. The highest BCUT2D eigenvalue weighted by molar-refractivity contribution is 14.1. The molecule has 0 bridgehead atoms. The van der Waals surface area contributed by atoms with Crippen molar-refractivity contribution in [2.45, 2.75) is 12.8 Å². The molecule has 1 heterocycles.